The van der Waals surface area contributed by atoms with Gasteiger partial charge in [0.15, 0.2) is 0 Å². The van der Waals surface area contributed by atoms with Crippen LogP contribution >= 0.6 is 12.4 Å². The van der Waals surface area contributed by atoms with Gasteiger partial charge in [-0.15, -0.1) is 12.4 Å². The van der Waals surface area contributed by atoms with Gasteiger partial charge in [-0.25, -0.2) is 0 Å². The molecule has 0 radical (unpaired) electrons. The zero-order valence-corrected chi connectivity index (χ0v) is 9.59. The number of para-hydroxylation sites is 2. The summed E-state index contributed by atoms with van der Waals surface area (Å²) in [5.74, 6) is 0.0999. The van der Waals surface area contributed by atoms with Crippen LogP contribution in [0.2, 0.25) is 0 Å². The molecule has 3 N–H and O–H groups in total. The summed E-state index contributed by atoms with van der Waals surface area (Å²) >= 11 is 0. The summed E-state index contributed by atoms with van der Waals surface area (Å²) in [7, 11) is 0. The molecule has 0 aliphatic carbocycles. The number of hydrogen-bond donors (Lipinski definition) is 3. The summed E-state index contributed by atoms with van der Waals surface area (Å²) in [6.45, 7) is 1.61. The minimum absolute atomic E-state index is 0. The largest absolute Gasteiger partial charge is 0.506 e. The monoisotopic (exact) mass is 242 g/mol. The quantitative estimate of drug-likeness (QED) is 0.687. The number of benzene rings is 1. The van der Waals surface area contributed by atoms with Crippen LogP contribution in [-0.4, -0.2) is 24.1 Å². The molecular formula is C11H15ClN2O2. The Balaban J connectivity index is 0.00000128. The van der Waals surface area contributed by atoms with Crippen LogP contribution in [0.15, 0.2) is 24.3 Å². The Morgan fingerprint density at radius 1 is 1.44 bits per heavy atom. The number of anilines is 1. The predicted molar refractivity (Wildman–Crippen MR) is 65.0 cm³/mol. The minimum Gasteiger partial charge on any atom is -0.506 e. The van der Waals surface area contributed by atoms with Gasteiger partial charge in [0.25, 0.3) is 0 Å². The Morgan fingerprint density at radius 2 is 2.19 bits per heavy atom. The van der Waals surface area contributed by atoms with Crippen molar-refractivity contribution < 1.29 is 9.90 Å². The van der Waals surface area contributed by atoms with Crippen molar-refractivity contribution in [2.75, 3.05) is 18.4 Å². The van der Waals surface area contributed by atoms with Gasteiger partial charge in [-0.05, 0) is 25.1 Å². The highest BCUT2D eigenvalue weighted by Crippen LogP contribution is 2.22. The molecule has 0 saturated carbocycles. The van der Waals surface area contributed by atoms with Gasteiger partial charge in [-0.2, -0.15) is 0 Å². The van der Waals surface area contributed by atoms with Gasteiger partial charge < -0.3 is 15.7 Å². The molecule has 1 aliphatic rings. The van der Waals surface area contributed by atoms with E-state index in [1.807, 2.05) is 0 Å². The minimum atomic E-state index is -0.0264. The second-order valence-electron chi connectivity index (χ2n) is 3.70. The summed E-state index contributed by atoms with van der Waals surface area (Å²) < 4.78 is 0. The number of carbonyl (C=O) groups is 1. The van der Waals surface area contributed by atoms with Gasteiger partial charge in [-0.1, -0.05) is 12.1 Å². The number of amides is 1. The first kappa shape index (κ1) is 12.8. The van der Waals surface area contributed by atoms with E-state index in [1.165, 1.54) is 0 Å². The highest BCUT2D eigenvalue weighted by molar-refractivity contribution is 5.94. The summed E-state index contributed by atoms with van der Waals surface area (Å²) in [4.78, 5) is 11.7. The van der Waals surface area contributed by atoms with E-state index in [0.717, 1.165) is 19.5 Å². The van der Waals surface area contributed by atoms with E-state index in [0.29, 0.717) is 5.69 Å². The van der Waals surface area contributed by atoms with E-state index in [2.05, 4.69) is 10.6 Å². The Kier molecular flexibility index (Phi) is 4.58. The first-order valence-electron chi connectivity index (χ1n) is 5.07. The second kappa shape index (κ2) is 5.72. The molecule has 1 atom stereocenters. The number of hydrogen-bond acceptors (Lipinski definition) is 3. The lowest BCUT2D eigenvalue weighted by Crippen LogP contribution is -2.24. The third kappa shape index (κ3) is 2.87. The Hall–Kier alpha value is -1.26. The molecule has 16 heavy (non-hydrogen) atoms. The number of phenolic OH excluding ortho intramolecular Hbond substituents is 1. The molecule has 0 bridgehead atoms. The molecule has 1 unspecified atom stereocenters. The molecule has 1 fully saturated rings. The van der Waals surface area contributed by atoms with Gasteiger partial charge in [0.2, 0.25) is 5.91 Å². The van der Waals surface area contributed by atoms with E-state index in [1.54, 1.807) is 24.3 Å². The SMILES string of the molecule is Cl.O=C(Nc1ccccc1O)C1CCNC1. The highest BCUT2D eigenvalue weighted by Gasteiger charge is 2.22. The maximum atomic E-state index is 11.7. The number of carbonyl (C=O) groups excluding carboxylic acids is 1. The van der Waals surface area contributed by atoms with E-state index >= 15 is 0 Å². The van der Waals surface area contributed by atoms with E-state index < -0.39 is 0 Å². The summed E-state index contributed by atoms with van der Waals surface area (Å²) in [5, 5.41) is 15.3. The average molecular weight is 243 g/mol. The zero-order valence-electron chi connectivity index (χ0n) is 8.77. The van der Waals surface area contributed by atoms with Crippen LogP contribution in [0.1, 0.15) is 6.42 Å². The second-order valence-corrected chi connectivity index (χ2v) is 3.70. The van der Waals surface area contributed by atoms with Gasteiger partial charge in [0.05, 0.1) is 11.6 Å². The van der Waals surface area contributed by atoms with Crippen molar-refractivity contribution in [1.82, 2.24) is 5.32 Å². The topological polar surface area (TPSA) is 61.4 Å². The lowest BCUT2D eigenvalue weighted by Gasteiger charge is -2.10. The van der Waals surface area contributed by atoms with Crippen LogP contribution < -0.4 is 10.6 Å². The van der Waals surface area contributed by atoms with Gasteiger partial charge in [0.1, 0.15) is 5.75 Å². The maximum absolute atomic E-state index is 11.7. The van der Waals surface area contributed by atoms with Gasteiger partial charge in [0, 0.05) is 6.54 Å². The van der Waals surface area contributed by atoms with Gasteiger partial charge in [-0.3, -0.25) is 4.79 Å². The van der Waals surface area contributed by atoms with E-state index in [-0.39, 0.29) is 30.0 Å². The Morgan fingerprint density at radius 3 is 2.81 bits per heavy atom. The number of aromatic hydroxyl groups is 1. The molecule has 88 valence electrons. The molecule has 0 aromatic heterocycles. The third-order valence-corrected chi connectivity index (χ3v) is 2.59. The van der Waals surface area contributed by atoms with E-state index in [4.69, 9.17) is 0 Å². The molecule has 2 rings (SSSR count). The first-order chi connectivity index (χ1) is 7.27. The number of halogens is 1. The lowest BCUT2D eigenvalue weighted by atomic mass is 10.1. The van der Waals surface area contributed by atoms with Crippen LogP contribution in [0.3, 0.4) is 0 Å². The standard InChI is InChI=1S/C11H14N2O2.ClH/c14-10-4-2-1-3-9(10)13-11(15)8-5-6-12-7-8;/h1-4,8,12,14H,5-7H2,(H,13,15);1H. The molecule has 1 heterocycles. The molecule has 1 aromatic rings. The van der Waals surface area contributed by atoms with Gasteiger partial charge >= 0.3 is 0 Å². The molecular weight excluding hydrogens is 228 g/mol. The van der Waals surface area contributed by atoms with Crippen molar-refractivity contribution in [3.8, 4) is 5.75 Å². The first-order valence-corrected chi connectivity index (χ1v) is 5.07. The van der Waals surface area contributed by atoms with Crippen LogP contribution in [0, 0.1) is 5.92 Å². The Bertz CT molecular complexity index is 365. The van der Waals surface area contributed by atoms with Crippen molar-refractivity contribution >= 4 is 24.0 Å². The number of nitrogens with one attached hydrogen (secondary N) is 2. The summed E-state index contributed by atoms with van der Waals surface area (Å²) in [5.41, 5.74) is 0.481. The molecule has 4 nitrogen and oxygen atoms in total. The predicted octanol–water partition coefficient (Wildman–Crippen LogP) is 1.36. The third-order valence-electron chi connectivity index (χ3n) is 2.59. The normalized spacial score (nSPS) is 18.9. The zero-order chi connectivity index (χ0) is 10.7. The maximum Gasteiger partial charge on any atom is 0.228 e. The van der Waals surface area contributed by atoms with Crippen LogP contribution in [0.4, 0.5) is 5.69 Å². The fourth-order valence-corrected chi connectivity index (χ4v) is 1.69. The van der Waals surface area contributed by atoms with Crippen molar-refractivity contribution in [3.63, 3.8) is 0 Å². The van der Waals surface area contributed by atoms with Crippen molar-refractivity contribution in [2.45, 2.75) is 6.42 Å². The van der Waals surface area contributed by atoms with Crippen LogP contribution in [0.25, 0.3) is 0 Å². The average Bonchev–Trinajstić information content (AvgIpc) is 2.74. The molecule has 5 heteroatoms. The van der Waals surface area contributed by atoms with Crippen molar-refractivity contribution in [3.05, 3.63) is 24.3 Å². The molecule has 1 amide bonds. The van der Waals surface area contributed by atoms with Crippen LogP contribution in [-0.2, 0) is 4.79 Å². The molecule has 1 saturated heterocycles. The van der Waals surface area contributed by atoms with Crippen LogP contribution in [0.5, 0.6) is 5.75 Å². The summed E-state index contributed by atoms with van der Waals surface area (Å²) in [6.07, 6.45) is 0.861. The van der Waals surface area contributed by atoms with Crippen molar-refractivity contribution in [2.24, 2.45) is 5.92 Å². The Labute approximate surface area is 100 Å². The highest BCUT2D eigenvalue weighted by atomic mass is 35.5. The fraction of sp³-hybridized carbons (Fsp3) is 0.364. The fourth-order valence-electron chi connectivity index (χ4n) is 1.69. The summed E-state index contributed by atoms with van der Waals surface area (Å²) in [6, 6.07) is 6.75. The molecule has 1 aliphatic heterocycles. The number of phenols is 1. The van der Waals surface area contributed by atoms with Crippen molar-refractivity contribution in [1.29, 1.82) is 0 Å². The molecule has 0 spiro atoms. The van der Waals surface area contributed by atoms with E-state index in [9.17, 15) is 9.90 Å². The smallest absolute Gasteiger partial charge is 0.228 e. The molecule has 1 aromatic carbocycles. The number of rotatable bonds is 2. The lowest BCUT2D eigenvalue weighted by molar-refractivity contribution is -0.119.